The highest BCUT2D eigenvalue weighted by Gasteiger charge is 2.13. The first kappa shape index (κ1) is 12.0. The highest BCUT2D eigenvalue weighted by Crippen LogP contribution is 2.25. The molecular weight excluding hydrogens is 213 g/mol. The maximum absolute atomic E-state index is 13.2. The average molecular weight is 226 g/mol. The lowest BCUT2D eigenvalue weighted by Gasteiger charge is -2.14. The van der Waals surface area contributed by atoms with Crippen LogP contribution >= 0.6 is 11.6 Å². The zero-order valence-electron chi connectivity index (χ0n) is 8.56. The third kappa shape index (κ3) is 2.95. The van der Waals surface area contributed by atoms with Crippen molar-refractivity contribution in [2.45, 2.75) is 19.4 Å². The molecule has 0 bridgehead atoms. The number of rotatable bonds is 4. The molecule has 0 aromatic heterocycles. The minimum absolute atomic E-state index is 0.101. The topological polar surface area (TPSA) is 12.0 Å². The zero-order valence-corrected chi connectivity index (χ0v) is 9.31. The molecule has 1 atom stereocenters. The molecule has 0 fully saturated rings. The van der Waals surface area contributed by atoms with Gasteiger partial charge >= 0.3 is 0 Å². The van der Waals surface area contributed by atoms with E-state index in [1.807, 2.05) is 6.92 Å². The molecule has 0 heterocycles. The van der Waals surface area contributed by atoms with Gasteiger partial charge in [0.2, 0.25) is 0 Å². The van der Waals surface area contributed by atoms with Crippen molar-refractivity contribution >= 4 is 11.6 Å². The van der Waals surface area contributed by atoms with Crippen LogP contribution < -0.4 is 5.32 Å². The van der Waals surface area contributed by atoms with Crippen molar-refractivity contribution in [3.05, 3.63) is 34.6 Å². The van der Waals surface area contributed by atoms with Crippen molar-refractivity contribution in [2.24, 2.45) is 0 Å². The number of nitrogens with one attached hydrogen (secondary N) is 1. The van der Waals surface area contributed by atoms with Crippen LogP contribution in [-0.2, 0) is 0 Å². The Bertz CT molecular complexity index is 370. The van der Waals surface area contributed by atoms with Crippen molar-refractivity contribution in [3.63, 3.8) is 0 Å². The van der Waals surface area contributed by atoms with Crippen molar-refractivity contribution < 1.29 is 4.39 Å². The lowest BCUT2D eigenvalue weighted by atomic mass is 10.1. The Kier molecular flexibility index (Phi) is 4.61. The molecule has 1 unspecified atom stereocenters. The second kappa shape index (κ2) is 5.75. The van der Waals surface area contributed by atoms with Gasteiger partial charge in [-0.2, -0.15) is 0 Å². The van der Waals surface area contributed by atoms with Gasteiger partial charge in [0, 0.05) is 5.56 Å². The molecule has 3 heteroatoms. The summed E-state index contributed by atoms with van der Waals surface area (Å²) in [5.74, 6) is 2.12. The van der Waals surface area contributed by atoms with Crippen molar-refractivity contribution in [3.8, 4) is 12.3 Å². The van der Waals surface area contributed by atoms with Gasteiger partial charge in [-0.15, -0.1) is 6.42 Å². The lowest BCUT2D eigenvalue weighted by Crippen LogP contribution is -2.21. The average Bonchev–Trinajstić information content (AvgIpc) is 2.25. The van der Waals surface area contributed by atoms with Crippen LogP contribution in [0.15, 0.2) is 18.2 Å². The monoisotopic (exact) mass is 225 g/mol. The number of halogens is 2. The zero-order chi connectivity index (χ0) is 11.3. The van der Waals surface area contributed by atoms with E-state index in [1.165, 1.54) is 6.07 Å². The normalized spacial score (nSPS) is 12.1. The number of hydrogen-bond donors (Lipinski definition) is 1. The number of terminal acetylenes is 1. The molecule has 0 saturated carbocycles. The Hall–Kier alpha value is -1.04. The van der Waals surface area contributed by atoms with Crippen molar-refractivity contribution in [1.29, 1.82) is 0 Å². The highest BCUT2D eigenvalue weighted by molar-refractivity contribution is 6.31. The van der Waals surface area contributed by atoms with Crippen LogP contribution in [0.5, 0.6) is 0 Å². The van der Waals surface area contributed by atoms with Gasteiger partial charge in [0.1, 0.15) is 5.82 Å². The van der Waals surface area contributed by atoms with Gasteiger partial charge in [-0.3, -0.25) is 5.32 Å². The lowest BCUT2D eigenvalue weighted by molar-refractivity contribution is 0.604. The van der Waals surface area contributed by atoms with Crippen LogP contribution in [0.3, 0.4) is 0 Å². The van der Waals surface area contributed by atoms with Crippen LogP contribution in [0.4, 0.5) is 4.39 Å². The second-order valence-corrected chi connectivity index (χ2v) is 3.57. The Balaban J connectivity index is 2.93. The fourth-order valence-electron chi connectivity index (χ4n) is 1.29. The van der Waals surface area contributed by atoms with Crippen molar-refractivity contribution in [1.82, 2.24) is 5.32 Å². The molecule has 1 nitrogen and oxygen atoms in total. The third-order valence-electron chi connectivity index (χ3n) is 2.06. The highest BCUT2D eigenvalue weighted by atomic mass is 35.5. The summed E-state index contributed by atoms with van der Waals surface area (Å²) in [7, 11) is 0. The molecule has 15 heavy (non-hydrogen) atoms. The molecular formula is C12H13ClFN. The van der Waals surface area contributed by atoms with Gasteiger partial charge in [-0.05, 0) is 19.0 Å². The van der Waals surface area contributed by atoms with Gasteiger partial charge in [0.15, 0.2) is 0 Å². The molecule has 0 aliphatic carbocycles. The molecule has 80 valence electrons. The largest absolute Gasteiger partial charge is 0.300 e. The summed E-state index contributed by atoms with van der Waals surface area (Å²) >= 11 is 5.84. The molecule has 0 amide bonds. The van der Waals surface area contributed by atoms with Gasteiger partial charge in [0.25, 0.3) is 0 Å². The summed E-state index contributed by atoms with van der Waals surface area (Å²) < 4.78 is 13.2. The SMILES string of the molecule is C#CC(NCCC)c1cccc(F)c1Cl. The first-order chi connectivity index (χ1) is 7.20. The first-order valence-electron chi connectivity index (χ1n) is 4.84. The van der Waals surface area contributed by atoms with Gasteiger partial charge in [-0.25, -0.2) is 4.39 Å². The Morgan fingerprint density at radius 3 is 2.93 bits per heavy atom. The molecule has 1 N–H and O–H groups in total. The van der Waals surface area contributed by atoms with E-state index in [1.54, 1.807) is 12.1 Å². The van der Waals surface area contributed by atoms with Gasteiger partial charge in [0.05, 0.1) is 11.1 Å². The van der Waals surface area contributed by atoms with E-state index in [0.29, 0.717) is 5.56 Å². The number of hydrogen-bond acceptors (Lipinski definition) is 1. The van der Waals surface area contributed by atoms with E-state index in [0.717, 1.165) is 13.0 Å². The second-order valence-electron chi connectivity index (χ2n) is 3.20. The number of benzene rings is 1. The maximum atomic E-state index is 13.2. The van der Waals surface area contributed by atoms with E-state index in [4.69, 9.17) is 18.0 Å². The van der Waals surface area contributed by atoms with E-state index >= 15 is 0 Å². The Labute approximate surface area is 94.6 Å². The molecule has 0 aliphatic heterocycles. The van der Waals surface area contributed by atoms with Crippen LogP contribution in [0, 0.1) is 18.2 Å². The summed E-state index contributed by atoms with van der Waals surface area (Å²) in [6, 6.07) is 4.33. The van der Waals surface area contributed by atoms with Gasteiger partial charge < -0.3 is 0 Å². The molecule has 0 radical (unpaired) electrons. The van der Waals surface area contributed by atoms with Crippen LogP contribution in [0.2, 0.25) is 5.02 Å². The molecule has 1 rings (SSSR count). The summed E-state index contributed by atoms with van der Waals surface area (Å²) in [5, 5.41) is 3.22. The van der Waals surface area contributed by atoms with Crippen LogP contribution in [0.25, 0.3) is 0 Å². The van der Waals surface area contributed by atoms with Crippen LogP contribution in [0.1, 0.15) is 24.9 Å². The van der Waals surface area contributed by atoms with E-state index in [9.17, 15) is 4.39 Å². The third-order valence-corrected chi connectivity index (χ3v) is 2.46. The maximum Gasteiger partial charge on any atom is 0.142 e. The minimum atomic E-state index is -0.437. The quantitative estimate of drug-likeness (QED) is 0.777. The fourth-order valence-corrected chi connectivity index (χ4v) is 1.53. The molecule has 0 aliphatic rings. The summed E-state index contributed by atoms with van der Waals surface area (Å²) in [4.78, 5) is 0. The smallest absolute Gasteiger partial charge is 0.142 e. The summed E-state index contributed by atoms with van der Waals surface area (Å²) in [5.41, 5.74) is 0.618. The molecule has 0 spiro atoms. The standard InChI is InChI=1S/C12H13ClFN/c1-3-8-15-11(4-2)9-6-5-7-10(14)12(9)13/h2,5-7,11,15H,3,8H2,1H3. The fraction of sp³-hybridized carbons (Fsp3) is 0.333. The molecule has 0 saturated heterocycles. The van der Waals surface area contributed by atoms with Crippen molar-refractivity contribution in [2.75, 3.05) is 6.54 Å². The minimum Gasteiger partial charge on any atom is -0.300 e. The predicted molar refractivity (Wildman–Crippen MR) is 61.3 cm³/mol. The van der Waals surface area contributed by atoms with E-state index in [2.05, 4.69) is 11.2 Å². The Morgan fingerprint density at radius 1 is 1.60 bits per heavy atom. The van der Waals surface area contributed by atoms with E-state index < -0.39 is 5.82 Å². The first-order valence-corrected chi connectivity index (χ1v) is 5.22. The van der Waals surface area contributed by atoms with Crippen LogP contribution in [-0.4, -0.2) is 6.54 Å². The summed E-state index contributed by atoms with van der Waals surface area (Å²) in [6.07, 6.45) is 6.33. The van der Waals surface area contributed by atoms with E-state index in [-0.39, 0.29) is 11.1 Å². The van der Waals surface area contributed by atoms with Gasteiger partial charge in [-0.1, -0.05) is 36.6 Å². The predicted octanol–water partition coefficient (Wildman–Crippen LogP) is 3.15. The Morgan fingerprint density at radius 2 is 2.33 bits per heavy atom. The molecule has 1 aromatic rings. The molecule has 1 aromatic carbocycles. The summed E-state index contributed by atoms with van der Waals surface area (Å²) in [6.45, 7) is 2.81.